The fourth-order valence-corrected chi connectivity index (χ4v) is 3.48. The molecule has 0 fully saturated rings. The Morgan fingerprint density at radius 2 is 1.93 bits per heavy atom. The van der Waals surface area contributed by atoms with Gasteiger partial charge >= 0.3 is 5.69 Å². The number of aromatic nitrogens is 2. The summed E-state index contributed by atoms with van der Waals surface area (Å²) in [6.45, 7) is 2.03. The van der Waals surface area contributed by atoms with Gasteiger partial charge in [-0.15, -0.1) is 0 Å². The van der Waals surface area contributed by atoms with E-state index in [0.29, 0.717) is 11.3 Å². The van der Waals surface area contributed by atoms with Gasteiger partial charge in [0, 0.05) is 21.8 Å². The summed E-state index contributed by atoms with van der Waals surface area (Å²) in [7, 11) is 0. The van der Waals surface area contributed by atoms with Crippen LogP contribution < -0.4 is 11.2 Å². The van der Waals surface area contributed by atoms with E-state index < -0.39 is 17.1 Å². The highest BCUT2D eigenvalue weighted by Crippen LogP contribution is 2.35. The summed E-state index contributed by atoms with van der Waals surface area (Å²) < 4.78 is 1.96. The zero-order valence-corrected chi connectivity index (χ0v) is 16.5. The van der Waals surface area contributed by atoms with Gasteiger partial charge in [0.1, 0.15) is 5.56 Å². The minimum absolute atomic E-state index is 0.00607. The molecule has 0 unspecified atom stereocenters. The number of hydrogen-bond donors (Lipinski definition) is 2. The number of rotatable bonds is 3. The fraction of sp³-hybridized carbons (Fsp3) is 0.0952. The first-order valence-electron chi connectivity index (χ1n) is 8.71. The number of fused-ring (bicyclic) bond motifs is 1. The van der Waals surface area contributed by atoms with Crippen molar-refractivity contribution in [3.8, 4) is 11.6 Å². The molecule has 3 aromatic rings. The van der Waals surface area contributed by atoms with Crippen LogP contribution in [-0.2, 0) is 6.42 Å². The summed E-state index contributed by atoms with van der Waals surface area (Å²) in [4.78, 5) is 31.3. The normalized spacial score (nSPS) is 13.9. The van der Waals surface area contributed by atoms with Crippen LogP contribution in [0, 0.1) is 0 Å². The van der Waals surface area contributed by atoms with E-state index in [2.05, 4.69) is 25.9 Å². The molecule has 0 saturated carbocycles. The predicted molar refractivity (Wildman–Crippen MR) is 114 cm³/mol. The maximum Gasteiger partial charge on any atom is 0.335 e. The van der Waals surface area contributed by atoms with Gasteiger partial charge in [-0.25, -0.2) is 9.36 Å². The number of aromatic hydroxyl groups is 1. The molecule has 0 saturated heterocycles. The Labute approximate surface area is 168 Å². The van der Waals surface area contributed by atoms with Crippen molar-refractivity contribution in [2.75, 3.05) is 0 Å². The molecule has 7 heteroatoms. The molecule has 28 heavy (non-hydrogen) atoms. The van der Waals surface area contributed by atoms with Gasteiger partial charge in [0.25, 0.3) is 5.56 Å². The third kappa shape index (κ3) is 3.14. The molecule has 2 N–H and O–H groups in total. The number of H-pyrrole nitrogens is 1. The zero-order valence-electron chi connectivity index (χ0n) is 14.9. The lowest BCUT2D eigenvalue weighted by molar-refractivity contribution is 0.429. The Kier molecular flexibility index (Phi) is 4.60. The van der Waals surface area contributed by atoms with E-state index >= 15 is 0 Å². The summed E-state index contributed by atoms with van der Waals surface area (Å²) >= 11 is 3.42. The van der Waals surface area contributed by atoms with Crippen molar-refractivity contribution in [1.29, 1.82) is 0 Å². The van der Waals surface area contributed by atoms with Gasteiger partial charge in [-0.05, 0) is 48.4 Å². The van der Waals surface area contributed by atoms with Gasteiger partial charge in [0.05, 0.1) is 11.4 Å². The average Bonchev–Trinajstić information content (AvgIpc) is 3.07. The van der Waals surface area contributed by atoms with Crippen molar-refractivity contribution in [1.82, 2.24) is 9.55 Å². The minimum atomic E-state index is -0.697. The van der Waals surface area contributed by atoms with E-state index in [0.717, 1.165) is 32.3 Å². The third-order valence-electron chi connectivity index (χ3n) is 4.64. The summed E-state index contributed by atoms with van der Waals surface area (Å²) in [5.41, 5.74) is 2.49. The molecule has 2 aromatic carbocycles. The molecule has 1 aromatic heterocycles. The first-order chi connectivity index (χ1) is 13.5. The van der Waals surface area contributed by atoms with Crippen LogP contribution in [0.1, 0.15) is 23.6 Å². The number of benzene rings is 2. The van der Waals surface area contributed by atoms with Crippen LogP contribution >= 0.6 is 15.9 Å². The molecule has 0 spiro atoms. The minimum Gasteiger partial charge on any atom is -0.494 e. The van der Waals surface area contributed by atoms with E-state index in [1.807, 2.05) is 37.3 Å². The highest BCUT2D eigenvalue weighted by atomic mass is 79.9. The largest absolute Gasteiger partial charge is 0.494 e. The molecule has 0 amide bonds. The molecule has 0 bridgehead atoms. The number of allylic oxidation sites excluding steroid dienone is 1. The highest BCUT2D eigenvalue weighted by molar-refractivity contribution is 9.10. The Bertz CT molecular complexity index is 1250. The smallest absolute Gasteiger partial charge is 0.335 e. The molecule has 140 valence electrons. The van der Waals surface area contributed by atoms with Crippen molar-refractivity contribution < 1.29 is 5.11 Å². The topological polar surface area (TPSA) is 87.4 Å². The number of aromatic amines is 1. The van der Waals surface area contributed by atoms with Crippen molar-refractivity contribution in [2.45, 2.75) is 13.3 Å². The lowest BCUT2D eigenvalue weighted by atomic mass is 10.1. The van der Waals surface area contributed by atoms with Gasteiger partial charge in [0.2, 0.25) is 5.88 Å². The first-order valence-corrected chi connectivity index (χ1v) is 9.50. The maximum absolute atomic E-state index is 12.4. The Hall–Kier alpha value is -3.19. The van der Waals surface area contributed by atoms with Crippen molar-refractivity contribution in [2.24, 2.45) is 4.99 Å². The van der Waals surface area contributed by atoms with Crippen LogP contribution in [0.15, 0.2) is 61.5 Å². The van der Waals surface area contributed by atoms with E-state index in [9.17, 15) is 14.7 Å². The van der Waals surface area contributed by atoms with Gasteiger partial charge < -0.3 is 5.11 Å². The molecule has 2 heterocycles. The predicted octanol–water partition coefficient (Wildman–Crippen LogP) is 3.81. The third-order valence-corrected chi connectivity index (χ3v) is 5.13. The molecular weight excluding hydrogens is 422 g/mol. The molecule has 4 rings (SSSR count). The molecule has 1 aliphatic rings. The van der Waals surface area contributed by atoms with Crippen molar-refractivity contribution in [3.63, 3.8) is 0 Å². The van der Waals surface area contributed by atoms with Gasteiger partial charge in [-0.2, -0.15) is 0 Å². The second-order valence-corrected chi connectivity index (χ2v) is 7.29. The molecule has 0 radical (unpaired) electrons. The van der Waals surface area contributed by atoms with Crippen LogP contribution in [0.4, 0.5) is 5.69 Å². The van der Waals surface area contributed by atoms with E-state index in [-0.39, 0.29) is 5.56 Å². The number of hydrogen-bond acceptors (Lipinski definition) is 4. The Morgan fingerprint density at radius 1 is 1.18 bits per heavy atom. The summed E-state index contributed by atoms with van der Waals surface area (Å²) in [5.74, 6) is -0.414. The second kappa shape index (κ2) is 7.09. The Morgan fingerprint density at radius 3 is 2.64 bits per heavy atom. The molecule has 1 aliphatic heterocycles. The van der Waals surface area contributed by atoms with Crippen molar-refractivity contribution in [3.05, 3.63) is 84.5 Å². The molecule has 6 nitrogen and oxygen atoms in total. The van der Waals surface area contributed by atoms with Crippen LogP contribution in [0.2, 0.25) is 0 Å². The lowest BCUT2D eigenvalue weighted by Gasteiger charge is -2.11. The quantitative estimate of drug-likeness (QED) is 0.652. The van der Waals surface area contributed by atoms with Crippen LogP contribution in [0.3, 0.4) is 0 Å². The zero-order chi connectivity index (χ0) is 19.8. The summed E-state index contributed by atoms with van der Waals surface area (Å²) in [6.07, 6.45) is 4.02. The average molecular weight is 438 g/mol. The number of aryl methyl sites for hydroxylation is 1. The summed E-state index contributed by atoms with van der Waals surface area (Å²) in [6, 6.07) is 12.8. The maximum atomic E-state index is 12.4. The van der Waals surface area contributed by atoms with E-state index in [1.54, 1.807) is 18.3 Å². The fourth-order valence-electron chi connectivity index (χ4n) is 3.12. The number of nitrogens with zero attached hydrogens (tertiary/aromatic N) is 2. The van der Waals surface area contributed by atoms with Crippen LogP contribution in [-0.4, -0.2) is 20.9 Å². The second-order valence-electron chi connectivity index (χ2n) is 6.37. The first kappa shape index (κ1) is 18.2. The van der Waals surface area contributed by atoms with Crippen LogP contribution in [0.25, 0.3) is 17.3 Å². The monoisotopic (exact) mass is 437 g/mol. The standard InChI is InChI=1S/C21H16BrN3O3/c1-2-12-3-6-15(7-4-12)25-20(27)17(19(26)24-21(25)28)9-13-11-23-18-8-5-14(22)10-16(13)18/h3-11,27H,2H2,1H3,(H,24,26,28). The van der Waals surface area contributed by atoms with Crippen molar-refractivity contribution >= 4 is 39.5 Å². The highest BCUT2D eigenvalue weighted by Gasteiger charge is 2.18. The SMILES string of the molecule is CCc1ccc(-n2c(O)c(C=C3C=Nc4ccc(Br)cc43)c(=O)[nH]c2=O)cc1. The molecule has 0 atom stereocenters. The Balaban J connectivity index is 1.88. The van der Waals surface area contributed by atoms with E-state index in [4.69, 9.17) is 0 Å². The van der Waals surface area contributed by atoms with E-state index in [1.165, 1.54) is 6.08 Å². The van der Waals surface area contributed by atoms with Crippen LogP contribution in [0.5, 0.6) is 5.88 Å². The molecular formula is C21H16BrN3O3. The van der Waals surface area contributed by atoms with Gasteiger partial charge in [-0.3, -0.25) is 14.8 Å². The van der Waals surface area contributed by atoms with Gasteiger partial charge in [0.15, 0.2) is 0 Å². The number of aliphatic imine (C=N–C) groups is 1. The van der Waals surface area contributed by atoms with Gasteiger partial charge in [-0.1, -0.05) is 35.0 Å². The molecule has 0 aliphatic carbocycles. The lowest BCUT2D eigenvalue weighted by Crippen LogP contribution is -2.30. The number of nitrogens with one attached hydrogen (secondary N) is 1. The number of halogens is 1. The summed E-state index contributed by atoms with van der Waals surface area (Å²) in [5, 5.41) is 10.7.